The van der Waals surface area contributed by atoms with Gasteiger partial charge in [-0.1, -0.05) is 36.4 Å². The first kappa shape index (κ1) is 7.53. The van der Waals surface area contributed by atoms with Crippen LogP contribution in [0.15, 0.2) is 36.4 Å². The highest BCUT2D eigenvalue weighted by molar-refractivity contribution is 5.50. The summed E-state index contributed by atoms with van der Waals surface area (Å²) in [5.41, 5.74) is 6.36. The summed E-state index contributed by atoms with van der Waals surface area (Å²) in [5.74, 6) is 0. The van der Waals surface area contributed by atoms with E-state index in [2.05, 4.69) is 0 Å². The second-order valence-electron chi connectivity index (χ2n) is 2.99. The Balaban J connectivity index is 2.08. The quantitative estimate of drug-likeness (QED) is 0.665. The first-order chi connectivity index (χ1) is 5.79. The van der Waals surface area contributed by atoms with E-state index in [4.69, 9.17) is 10.5 Å². The molecule has 1 aromatic carbocycles. The molecule has 0 spiro atoms. The van der Waals surface area contributed by atoms with Gasteiger partial charge in [-0.2, -0.15) is 0 Å². The molecule has 1 saturated heterocycles. The second kappa shape index (κ2) is 2.73. The van der Waals surface area contributed by atoms with Crippen molar-refractivity contribution in [2.45, 2.75) is 5.72 Å². The van der Waals surface area contributed by atoms with E-state index in [1.54, 1.807) is 0 Å². The minimum atomic E-state index is -0.476. The fourth-order valence-electron chi connectivity index (χ4n) is 0.981. The molecule has 12 heavy (non-hydrogen) atoms. The SMILES string of the molecule is NC1(/C=C/c2ccccc2)CO1. The highest BCUT2D eigenvalue weighted by Gasteiger charge is 2.36. The van der Waals surface area contributed by atoms with Crippen LogP contribution in [0.1, 0.15) is 5.56 Å². The minimum Gasteiger partial charge on any atom is -0.350 e. The fraction of sp³-hybridized carbons (Fsp3) is 0.200. The van der Waals surface area contributed by atoms with Crippen LogP contribution in [0.3, 0.4) is 0 Å². The summed E-state index contributed by atoms with van der Waals surface area (Å²) in [7, 11) is 0. The highest BCUT2D eigenvalue weighted by Crippen LogP contribution is 2.21. The van der Waals surface area contributed by atoms with Crippen molar-refractivity contribution >= 4 is 6.08 Å². The fourth-order valence-corrected chi connectivity index (χ4v) is 0.981. The zero-order valence-electron chi connectivity index (χ0n) is 6.73. The van der Waals surface area contributed by atoms with Crippen LogP contribution in [-0.2, 0) is 4.74 Å². The lowest BCUT2D eigenvalue weighted by Gasteiger charge is -1.95. The molecule has 1 atom stereocenters. The van der Waals surface area contributed by atoms with Crippen molar-refractivity contribution in [3.63, 3.8) is 0 Å². The number of hydrogen-bond acceptors (Lipinski definition) is 2. The van der Waals surface area contributed by atoms with Gasteiger partial charge in [0.05, 0.1) is 6.61 Å². The number of hydrogen-bond donors (Lipinski definition) is 1. The van der Waals surface area contributed by atoms with Gasteiger partial charge in [-0.15, -0.1) is 0 Å². The van der Waals surface area contributed by atoms with Crippen molar-refractivity contribution in [1.29, 1.82) is 0 Å². The van der Waals surface area contributed by atoms with Crippen molar-refractivity contribution in [3.8, 4) is 0 Å². The molecule has 0 aromatic heterocycles. The van der Waals surface area contributed by atoms with Crippen molar-refractivity contribution in [2.75, 3.05) is 6.61 Å². The van der Waals surface area contributed by atoms with Crippen LogP contribution in [0, 0.1) is 0 Å². The summed E-state index contributed by atoms with van der Waals surface area (Å²) in [6.07, 6.45) is 3.87. The average molecular weight is 161 g/mol. The third-order valence-corrected chi connectivity index (χ3v) is 1.84. The molecule has 0 amide bonds. The first-order valence-electron chi connectivity index (χ1n) is 3.96. The van der Waals surface area contributed by atoms with E-state index < -0.39 is 5.72 Å². The average Bonchev–Trinajstić information content (AvgIpc) is 2.84. The van der Waals surface area contributed by atoms with Crippen molar-refractivity contribution in [1.82, 2.24) is 0 Å². The summed E-state index contributed by atoms with van der Waals surface area (Å²) in [4.78, 5) is 0. The molecule has 1 unspecified atom stereocenters. The monoisotopic (exact) mass is 161 g/mol. The number of ether oxygens (including phenoxy) is 1. The van der Waals surface area contributed by atoms with Crippen LogP contribution in [0.25, 0.3) is 6.08 Å². The van der Waals surface area contributed by atoms with Gasteiger partial charge in [0.1, 0.15) is 0 Å². The molecule has 0 bridgehead atoms. The lowest BCUT2D eigenvalue weighted by atomic mass is 10.2. The van der Waals surface area contributed by atoms with Gasteiger partial charge in [0, 0.05) is 0 Å². The summed E-state index contributed by atoms with van der Waals surface area (Å²) < 4.78 is 5.01. The summed E-state index contributed by atoms with van der Waals surface area (Å²) in [6, 6.07) is 10.0. The van der Waals surface area contributed by atoms with Crippen LogP contribution < -0.4 is 5.73 Å². The lowest BCUT2D eigenvalue weighted by molar-refractivity contribution is 0.359. The van der Waals surface area contributed by atoms with Gasteiger partial charge in [0.2, 0.25) is 0 Å². The summed E-state index contributed by atoms with van der Waals surface area (Å²) in [6.45, 7) is 0.635. The van der Waals surface area contributed by atoms with Crippen LogP contribution in [0.2, 0.25) is 0 Å². The molecule has 62 valence electrons. The smallest absolute Gasteiger partial charge is 0.160 e. The molecule has 2 rings (SSSR count). The van der Waals surface area contributed by atoms with E-state index in [0.29, 0.717) is 6.61 Å². The molecule has 1 heterocycles. The van der Waals surface area contributed by atoms with Crippen LogP contribution in [0.4, 0.5) is 0 Å². The zero-order chi connectivity index (χ0) is 8.44. The van der Waals surface area contributed by atoms with E-state index in [0.717, 1.165) is 5.56 Å². The number of benzene rings is 1. The van der Waals surface area contributed by atoms with Crippen molar-refractivity contribution in [3.05, 3.63) is 42.0 Å². The maximum absolute atomic E-state index is 5.69. The van der Waals surface area contributed by atoms with E-state index in [-0.39, 0.29) is 0 Å². The Morgan fingerprint density at radius 2 is 2.00 bits per heavy atom. The van der Waals surface area contributed by atoms with Gasteiger partial charge in [0.25, 0.3) is 0 Å². The third kappa shape index (κ3) is 1.72. The van der Waals surface area contributed by atoms with E-state index >= 15 is 0 Å². The lowest BCUT2D eigenvalue weighted by Crippen LogP contribution is -2.19. The third-order valence-electron chi connectivity index (χ3n) is 1.84. The van der Waals surface area contributed by atoms with Gasteiger partial charge in [0.15, 0.2) is 5.72 Å². The van der Waals surface area contributed by atoms with Gasteiger partial charge in [-0.3, -0.25) is 5.73 Å². The Morgan fingerprint density at radius 1 is 1.33 bits per heavy atom. The Morgan fingerprint density at radius 3 is 2.58 bits per heavy atom. The number of epoxide rings is 1. The molecule has 1 aliphatic heterocycles. The molecule has 2 N–H and O–H groups in total. The molecule has 1 aliphatic rings. The van der Waals surface area contributed by atoms with Crippen molar-refractivity contribution in [2.24, 2.45) is 5.73 Å². The van der Waals surface area contributed by atoms with Crippen LogP contribution in [0.5, 0.6) is 0 Å². The standard InChI is InChI=1S/C10H11NO/c11-10(8-12-10)7-6-9-4-2-1-3-5-9/h1-7H,8,11H2/b7-6+. The Hall–Kier alpha value is -1.12. The van der Waals surface area contributed by atoms with Crippen LogP contribution >= 0.6 is 0 Å². The molecule has 2 nitrogen and oxygen atoms in total. The molecule has 0 aliphatic carbocycles. The molecule has 0 saturated carbocycles. The van der Waals surface area contributed by atoms with Gasteiger partial charge >= 0.3 is 0 Å². The molecule has 2 heteroatoms. The molecule has 0 radical (unpaired) electrons. The number of nitrogens with two attached hydrogens (primary N) is 1. The largest absolute Gasteiger partial charge is 0.350 e. The predicted molar refractivity (Wildman–Crippen MR) is 48.3 cm³/mol. The molecule has 1 aromatic rings. The first-order valence-corrected chi connectivity index (χ1v) is 3.96. The predicted octanol–water partition coefficient (Wildman–Crippen LogP) is 1.39. The van der Waals surface area contributed by atoms with Gasteiger partial charge < -0.3 is 4.74 Å². The second-order valence-corrected chi connectivity index (χ2v) is 2.99. The maximum atomic E-state index is 5.69. The summed E-state index contributed by atoms with van der Waals surface area (Å²) >= 11 is 0. The van der Waals surface area contributed by atoms with Gasteiger partial charge in [-0.25, -0.2) is 0 Å². The van der Waals surface area contributed by atoms with Crippen LogP contribution in [-0.4, -0.2) is 12.3 Å². The van der Waals surface area contributed by atoms with Crippen molar-refractivity contribution < 1.29 is 4.74 Å². The van der Waals surface area contributed by atoms with Gasteiger partial charge in [-0.05, 0) is 11.6 Å². The summed E-state index contributed by atoms with van der Waals surface area (Å²) in [5, 5.41) is 0. The minimum absolute atomic E-state index is 0.476. The van der Waals surface area contributed by atoms with E-state index in [1.807, 2.05) is 42.5 Å². The normalized spacial score (nSPS) is 27.8. The Bertz CT molecular complexity index is 288. The zero-order valence-corrected chi connectivity index (χ0v) is 6.73. The maximum Gasteiger partial charge on any atom is 0.160 e. The molecular formula is C10H11NO. The number of rotatable bonds is 2. The Kier molecular flexibility index (Phi) is 1.71. The Labute approximate surface area is 71.6 Å². The molecule has 1 fully saturated rings. The molecular weight excluding hydrogens is 150 g/mol. The van der Waals surface area contributed by atoms with E-state index in [9.17, 15) is 0 Å². The van der Waals surface area contributed by atoms with E-state index in [1.165, 1.54) is 0 Å². The highest BCUT2D eigenvalue weighted by atomic mass is 16.6. The topological polar surface area (TPSA) is 38.5 Å².